The molecule has 0 amide bonds. The van der Waals surface area contributed by atoms with E-state index in [1.54, 1.807) is 6.92 Å². The van der Waals surface area contributed by atoms with E-state index in [1.165, 1.54) is 13.0 Å². The molecule has 0 atom stereocenters. The third kappa shape index (κ3) is 1.52. The number of nitrogens with zero attached hydrogens (tertiary/aromatic N) is 1. The van der Waals surface area contributed by atoms with Crippen LogP contribution in [0.2, 0.25) is 0 Å². The molecule has 66 valence electrons. The van der Waals surface area contributed by atoms with Gasteiger partial charge >= 0.3 is 0 Å². The zero-order chi connectivity index (χ0) is 9.30. The van der Waals surface area contributed by atoms with Gasteiger partial charge in [0.2, 0.25) is 0 Å². The topological polar surface area (TPSA) is 38.9 Å². The zero-order valence-corrected chi connectivity index (χ0v) is 6.94. The van der Waals surface area contributed by atoms with Crippen molar-refractivity contribution < 1.29 is 8.78 Å². The second kappa shape index (κ2) is 3.05. The summed E-state index contributed by atoms with van der Waals surface area (Å²) in [7, 11) is 0. The van der Waals surface area contributed by atoms with Gasteiger partial charge in [0.25, 0.3) is 6.43 Å². The molecule has 1 aromatic rings. The number of nitrogens with two attached hydrogens (primary N) is 1. The predicted molar refractivity (Wildman–Crippen MR) is 43.1 cm³/mol. The zero-order valence-electron chi connectivity index (χ0n) is 6.94. The summed E-state index contributed by atoms with van der Waals surface area (Å²) in [5, 5.41) is 0. The fourth-order valence-corrected chi connectivity index (χ4v) is 1.20. The summed E-state index contributed by atoms with van der Waals surface area (Å²) in [6.07, 6.45) is -2.47. The average molecular weight is 172 g/mol. The van der Waals surface area contributed by atoms with Crippen LogP contribution in [0.25, 0.3) is 0 Å². The number of alkyl halides is 2. The monoisotopic (exact) mass is 172 g/mol. The van der Waals surface area contributed by atoms with E-state index in [0.29, 0.717) is 11.3 Å². The molecule has 0 aliphatic carbocycles. The first kappa shape index (κ1) is 8.90. The van der Waals surface area contributed by atoms with Crippen LogP contribution in [0.5, 0.6) is 0 Å². The Kier molecular flexibility index (Phi) is 2.26. The van der Waals surface area contributed by atoms with Crippen molar-refractivity contribution in [3.63, 3.8) is 0 Å². The van der Waals surface area contributed by atoms with Crippen molar-refractivity contribution in [1.29, 1.82) is 0 Å². The van der Waals surface area contributed by atoms with Gasteiger partial charge in [0, 0.05) is 11.3 Å². The summed E-state index contributed by atoms with van der Waals surface area (Å²) < 4.78 is 24.7. The van der Waals surface area contributed by atoms with E-state index in [2.05, 4.69) is 4.98 Å². The quantitative estimate of drug-likeness (QED) is 0.705. The van der Waals surface area contributed by atoms with Gasteiger partial charge in [-0.2, -0.15) is 0 Å². The highest BCUT2D eigenvalue weighted by atomic mass is 19.3. The molecule has 0 aromatic carbocycles. The van der Waals surface area contributed by atoms with Gasteiger partial charge in [0.1, 0.15) is 5.82 Å². The molecule has 0 radical (unpaired) electrons. The van der Waals surface area contributed by atoms with Gasteiger partial charge in [-0.25, -0.2) is 13.8 Å². The molecule has 4 heteroatoms. The summed E-state index contributed by atoms with van der Waals surface area (Å²) >= 11 is 0. The van der Waals surface area contributed by atoms with E-state index < -0.39 is 6.43 Å². The molecule has 0 fully saturated rings. The molecule has 2 N–H and O–H groups in total. The van der Waals surface area contributed by atoms with Gasteiger partial charge in [0.05, 0.1) is 0 Å². The summed E-state index contributed by atoms with van der Waals surface area (Å²) in [4.78, 5) is 3.75. The third-order valence-corrected chi connectivity index (χ3v) is 1.69. The van der Waals surface area contributed by atoms with Gasteiger partial charge < -0.3 is 5.73 Å². The molecule has 0 saturated carbocycles. The normalized spacial score (nSPS) is 10.8. The van der Waals surface area contributed by atoms with Crippen LogP contribution in [0.4, 0.5) is 14.6 Å². The highest BCUT2D eigenvalue weighted by molar-refractivity contribution is 5.40. The lowest BCUT2D eigenvalue weighted by Gasteiger charge is -2.08. The third-order valence-electron chi connectivity index (χ3n) is 1.69. The first-order chi connectivity index (χ1) is 5.52. The predicted octanol–water partition coefficient (Wildman–Crippen LogP) is 2.22. The Morgan fingerprint density at radius 1 is 1.42 bits per heavy atom. The van der Waals surface area contributed by atoms with E-state index in [0.717, 1.165) is 0 Å². The van der Waals surface area contributed by atoms with Gasteiger partial charge in [-0.15, -0.1) is 0 Å². The standard InChI is InChI=1S/C8H10F2N2/c1-4-3-6(11)12-5(2)7(4)8(9)10/h3,8H,1-2H3,(H2,11,12). The highest BCUT2D eigenvalue weighted by Gasteiger charge is 2.14. The van der Waals surface area contributed by atoms with Crippen molar-refractivity contribution in [3.8, 4) is 0 Å². The van der Waals surface area contributed by atoms with E-state index >= 15 is 0 Å². The molecule has 1 rings (SSSR count). The number of hydrogen-bond acceptors (Lipinski definition) is 2. The van der Waals surface area contributed by atoms with Crippen LogP contribution in [-0.4, -0.2) is 4.98 Å². The van der Waals surface area contributed by atoms with E-state index in [4.69, 9.17) is 5.73 Å². The Hall–Kier alpha value is -1.19. The largest absolute Gasteiger partial charge is 0.384 e. The molecule has 0 spiro atoms. The van der Waals surface area contributed by atoms with E-state index in [9.17, 15) is 8.78 Å². The van der Waals surface area contributed by atoms with E-state index in [-0.39, 0.29) is 11.4 Å². The Bertz CT molecular complexity index is 274. The lowest BCUT2D eigenvalue weighted by molar-refractivity contribution is 0.149. The van der Waals surface area contributed by atoms with Crippen LogP contribution >= 0.6 is 0 Å². The van der Waals surface area contributed by atoms with Gasteiger partial charge in [-0.05, 0) is 25.5 Å². The summed E-state index contributed by atoms with van der Waals surface area (Å²) in [6.45, 7) is 3.14. The summed E-state index contributed by atoms with van der Waals surface area (Å²) in [5.74, 6) is 0.286. The fraction of sp³-hybridized carbons (Fsp3) is 0.375. The smallest absolute Gasteiger partial charge is 0.265 e. The molecule has 0 aliphatic heterocycles. The van der Waals surface area contributed by atoms with Crippen molar-refractivity contribution in [3.05, 3.63) is 22.9 Å². The molecule has 0 bridgehead atoms. The van der Waals surface area contributed by atoms with Crippen molar-refractivity contribution >= 4 is 5.82 Å². The van der Waals surface area contributed by atoms with E-state index in [1.807, 2.05) is 0 Å². The first-order valence-corrected chi connectivity index (χ1v) is 3.54. The Labute approximate surface area is 69.4 Å². The number of anilines is 1. The Morgan fingerprint density at radius 2 is 2.00 bits per heavy atom. The second-order valence-corrected chi connectivity index (χ2v) is 2.66. The number of rotatable bonds is 1. The maximum atomic E-state index is 12.3. The molecule has 12 heavy (non-hydrogen) atoms. The average Bonchev–Trinajstić information content (AvgIpc) is 1.82. The van der Waals surface area contributed by atoms with Crippen molar-refractivity contribution in [2.75, 3.05) is 5.73 Å². The minimum Gasteiger partial charge on any atom is -0.384 e. The number of nitrogen functional groups attached to an aromatic ring is 1. The molecular formula is C8H10F2N2. The summed E-state index contributed by atoms with van der Waals surface area (Å²) in [5.41, 5.74) is 6.17. The maximum Gasteiger partial charge on any atom is 0.265 e. The van der Waals surface area contributed by atoms with Crippen molar-refractivity contribution in [1.82, 2.24) is 4.98 Å². The minimum absolute atomic E-state index is 0.0100. The number of aryl methyl sites for hydroxylation is 2. The van der Waals surface area contributed by atoms with Crippen LogP contribution in [0.1, 0.15) is 23.2 Å². The van der Waals surface area contributed by atoms with Crippen LogP contribution in [0.15, 0.2) is 6.07 Å². The van der Waals surface area contributed by atoms with Gasteiger partial charge in [0.15, 0.2) is 0 Å². The molecule has 1 aromatic heterocycles. The number of aromatic nitrogens is 1. The van der Waals surface area contributed by atoms with Crippen LogP contribution in [0.3, 0.4) is 0 Å². The van der Waals surface area contributed by atoms with Crippen LogP contribution in [0, 0.1) is 13.8 Å². The molecule has 1 heterocycles. The lowest BCUT2D eigenvalue weighted by Crippen LogP contribution is -2.00. The molecular weight excluding hydrogens is 162 g/mol. The Morgan fingerprint density at radius 3 is 2.42 bits per heavy atom. The minimum atomic E-state index is -2.47. The molecule has 0 unspecified atom stereocenters. The fourth-order valence-electron chi connectivity index (χ4n) is 1.20. The highest BCUT2D eigenvalue weighted by Crippen LogP contribution is 2.25. The maximum absolute atomic E-state index is 12.3. The molecule has 2 nitrogen and oxygen atoms in total. The Balaban J connectivity index is 3.28. The first-order valence-electron chi connectivity index (χ1n) is 3.54. The molecule has 0 saturated heterocycles. The van der Waals surface area contributed by atoms with Gasteiger partial charge in [-0.1, -0.05) is 0 Å². The van der Waals surface area contributed by atoms with Crippen molar-refractivity contribution in [2.24, 2.45) is 0 Å². The van der Waals surface area contributed by atoms with Crippen molar-refractivity contribution in [2.45, 2.75) is 20.3 Å². The van der Waals surface area contributed by atoms with Crippen LogP contribution < -0.4 is 5.73 Å². The lowest BCUT2D eigenvalue weighted by atomic mass is 10.1. The summed E-state index contributed by atoms with van der Waals surface area (Å²) in [6, 6.07) is 1.45. The number of hydrogen-bond donors (Lipinski definition) is 1. The van der Waals surface area contributed by atoms with Gasteiger partial charge in [-0.3, -0.25) is 0 Å². The SMILES string of the molecule is Cc1cc(N)nc(C)c1C(F)F. The molecule has 0 aliphatic rings. The number of halogens is 2. The second-order valence-electron chi connectivity index (χ2n) is 2.66. The van der Waals surface area contributed by atoms with Crippen LogP contribution in [-0.2, 0) is 0 Å². The number of pyridine rings is 1.